The van der Waals surface area contributed by atoms with E-state index in [1.54, 1.807) is 0 Å². The standard InChI is InChI=1S/C20H24N2/c1-4-15-22(3)20-13-7-17(8-14-20)6-5-16(2)18-9-11-19(21)12-10-18/h5-14H,2,4,15,21H2,1,3H3/b6-5+. The zero-order valence-electron chi connectivity index (χ0n) is 13.4. The molecule has 0 heterocycles. The predicted molar refractivity (Wildman–Crippen MR) is 98.9 cm³/mol. The number of hydrogen-bond acceptors (Lipinski definition) is 2. The lowest BCUT2D eigenvalue weighted by Crippen LogP contribution is -2.17. The summed E-state index contributed by atoms with van der Waals surface area (Å²) in [4.78, 5) is 2.26. The normalized spacial score (nSPS) is 10.8. The monoisotopic (exact) mass is 292 g/mol. The third kappa shape index (κ3) is 4.26. The molecule has 0 unspecified atom stereocenters. The number of rotatable bonds is 6. The summed E-state index contributed by atoms with van der Waals surface area (Å²) in [6, 6.07) is 16.3. The van der Waals surface area contributed by atoms with Gasteiger partial charge in [-0.3, -0.25) is 0 Å². The van der Waals surface area contributed by atoms with E-state index in [9.17, 15) is 0 Å². The van der Waals surface area contributed by atoms with Crippen LogP contribution >= 0.6 is 0 Å². The van der Waals surface area contributed by atoms with Crippen LogP contribution in [0.1, 0.15) is 24.5 Å². The fourth-order valence-corrected chi connectivity index (χ4v) is 2.29. The van der Waals surface area contributed by atoms with E-state index < -0.39 is 0 Å². The average molecular weight is 292 g/mol. The van der Waals surface area contributed by atoms with Crippen molar-refractivity contribution in [1.29, 1.82) is 0 Å². The van der Waals surface area contributed by atoms with Crippen molar-refractivity contribution >= 4 is 23.0 Å². The van der Waals surface area contributed by atoms with Gasteiger partial charge < -0.3 is 10.6 Å². The molecule has 0 aliphatic rings. The molecule has 22 heavy (non-hydrogen) atoms. The first-order chi connectivity index (χ1) is 10.6. The van der Waals surface area contributed by atoms with Crippen molar-refractivity contribution in [2.24, 2.45) is 0 Å². The highest BCUT2D eigenvalue weighted by Crippen LogP contribution is 2.19. The third-order valence-corrected chi connectivity index (χ3v) is 3.65. The van der Waals surface area contributed by atoms with Crippen LogP contribution < -0.4 is 10.6 Å². The van der Waals surface area contributed by atoms with Gasteiger partial charge in [0, 0.05) is 25.0 Å². The Morgan fingerprint density at radius 3 is 2.32 bits per heavy atom. The van der Waals surface area contributed by atoms with Crippen molar-refractivity contribution in [3.05, 3.63) is 72.3 Å². The van der Waals surface area contributed by atoms with Crippen molar-refractivity contribution in [3.8, 4) is 0 Å². The van der Waals surface area contributed by atoms with Crippen LogP contribution in [0.5, 0.6) is 0 Å². The van der Waals surface area contributed by atoms with Gasteiger partial charge in [0.25, 0.3) is 0 Å². The molecule has 0 saturated carbocycles. The van der Waals surface area contributed by atoms with E-state index in [0.29, 0.717) is 0 Å². The van der Waals surface area contributed by atoms with Crippen LogP contribution in [-0.2, 0) is 0 Å². The first-order valence-electron chi connectivity index (χ1n) is 7.64. The maximum absolute atomic E-state index is 5.70. The van der Waals surface area contributed by atoms with E-state index in [2.05, 4.69) is 55.8 Å². The van der Waals surface area contributed by atoms with Crippen molar-refractivity contribution in [1.82, 2.24) is 0 Å². The van der Waals surface area contributed by atoms with Crippen LogP contribution in [0, 0.1) is 0 Å². The fraction of sp³-hybridized carbons (Fsp3) is 0.200. The van der Waals surface area contributed by atoms with E-state index in [-0.39, 0.29) is 0 Å². The summed E-state index contributed by atoms with van der Waals surface area (Å²) in [5, 5.41) is 0. The summed E-state index contributed by atoms with van der Waals surface area (Å²) in [7, 11) is 2.12. The molecule has 2 rings (SSSR count). The average Bonchev–Trinajstić information content (AvgIpc) is 2.54. The Morgan fingerprint density at radius 1 is 1.09 bits per heavy atom. The van der Waals surface area contributed by atoms with Gasteiger partial charge in [0.1, 0.15) is 0 Å². The van der Waals surface area contributed by atoms with E-state index in [1.807, 2.05) is 30.3 Å². The number of benzene rings is 2. The Hall–Kier alpha value is -2.48. The highest BCUT2D eigenvalue weighted by atomic mass is 15.1. The Morgan fingerprint density at radius 2 is 1.73 bits per heavy atom. The number of hydrogen-bond donors (Lipinski definition) is 1. The van der Waals surface area contributed by atoms with Crippen molar-refractivity contribution in [2.45, 2.75) is 13.3 Å². The van der Waals surface area contributed by atoms with Gasteiger partial charge in [-0.1, -0.05) is 49.9 Å². The van der Waals surface area contributed by atoms with Gasteiger partial charge in [-0.05, 0) is 47.4 Å². The SMILES string of the molecule is C=C(/C=C/c1ccc(N(C)CCC)cc1)c1ccc(N)cc1. The summed E-state index contributed by atoms with van der Waals surface area (Å²) in [5.41, 5.74) is 11.0. The minimum absolute atomic E-state index is 0.771. The third-order valence-electron chi connectivity index (χ3n) is 3.65. The Kier molecular flexibility index (Phi) is 5.42. The quantitative estimate of drug-likeness (QED) is 0.609. The highest BCUT2D eigenvalue weighted by molar-refractivity contribution is 5.78. The largest absolute Gasteiger partial charge is 0.399 e. The summed E-state index contributed by atoms with van der Waals surface area (Å²) >= 11 is 0. The van der Waals surface area contributed by atoms with E-state index in [0.717, 1.165) is 29.8 Å². The Balaban J connectivity index is 2.03. The van der Waals surface area contributed by atoms with Crippen LogP contribution in [0.25, 0.3) is 11.6 Å². The molecule has 2 N–H and O–H groups in total. The molecule has 0 bridgehead atoms. The van der Waals surface area contributed by atoms with Crippen molar-refractivity contribution in [3.63, 3.8) is 0 Å². The Bertz CT molecular complexity index is 636. The van der Waals surface area contributed by atoms with Gasteiger partial charge in [0.05, 0.1) is 0 Å². The lowest BCUT2D eigenvalue weighted by Gasteiger charge is -2.18. The predicted octanol–water partition coefficient (Wildman–Crippen LogP) is 4.84. The topological polar surface area (TPSA) is 29.3 Å². The maximum atomic E-state index is 5.70. The highest BCUT2D eigenvalue weighted by Gasteiger charge is 1.99. The number of anilines is 2. The van der Waals surface area contributed by atoms with E-state index in [1.165, 1.54) is 11.3 Å². The molecule has 0 amide bonds. The molecular weight excluding hydrogens is 268 g/mol. The Labute approximate surface area is 133 Å². The number of nitrogens with two attached hydrogens (primary N) is 1. The smallest absolute Gasteiger partial charge is 0.0364 e. The first kappa shape index (κ1) is 15.9. The molecule has 0 spiro atoms. The van der Waals surface area contributed by atoms with Gasteiger partial charge >= 0.3 is 0 Å². The van der Waals surface area contributed by atoms with Crippen LogP contribution in [-0.4, -0.2) is 13.6 Å². The molecule has 2 nitrogen and oxygen atoms in total. The maximum Gasteiger partial charge on any atom is 0.0364 e. The van der Waals surface area contributed by atoms with E-state index >= 15 is 0 Å². The zero-order valence-corrected chi connectivity index (χ0v) is 13.4. The molecule has 0 atom stereocenters. The first-order valence-corrected chi connectivity index (χ1v) is 7.64. The van der Waals surface area contributed by atoms with Crippen LogP contribution in [0.4, 0.5) is 11.4 Å². The minimum atomic E-state index is 0.771. The number of nitrogens with zero attached hydrogens (tertiary/aromatic N) is 1. The molecule has 0 saturated heterocycles. The number of nitrogen functional groups attached to an aromatic ring is 1. The van der Waals surface area contributed by atoms with Gasteiger partial charge in [0.2, 0.25) is 0 Å². The second-order valence-electron chi connectivity index (χ2n) is 5.49. The second kappa shape index (κ2) is 7.51. The summed E-state index contributed by atoms with van der Waals surface area (Å²) in [6.45, 7) is 7.37. The molecule has 2 heteroatoms. The minimum Gasteiger partial charge on any atom is -0.399 e. The molecule has 0 radical (unpaired) electrons. The van der Waals surface area contributed by atoms with Crippen LogP contribution in [0.2, 0.25) is 0 Å². The molecule has 0 aliphatic carbocycles. The van der Waals surface area contributed by atoms with Crippen molar-refractivity contribution in [2.75, 3.05) is 24.2 Å². The van der Waals surface area contributed by atoms with Crippen molar-refractivity contribution < 1.29 is 0 Å². The summed E-state index contributed by atoms with van der Waals surface area (Å²) in [5.74, 6) is 0. The molecular formula is C20H24N2. The van der Waals surface area contributed by atoms with Crippen LogP contribution in [0.3, 0.4) is 0 Å². The van der Waals surface area contributed by atoms with Gasteiger partial charge in [-0.2, -0.15) is 0 Å². The van der Waals surface area contributed by atoms with Gasteiger partial charge in [0.15, 0.2) is 0 Å². The molecule has 2 aromatic carbocycles. The van der Waals surface area contributed by atoms with E-state index in [4.69, 9.17) is 5.73 Å². The molecule has 0 fully saturated rings. The summed E-state index contributed by atoms with van der Waals surface area (Å²) in [6.07, 6.45) is 5.28. The van der Waals surface area contributed by atoms with Gasteiger partial charge in [-0.15, -0.1) is 0 Å². The fourth-order valence-electron chi connectivity index (χ4n) is 2.29. The molecule has 0 aromatic heterocycles. The molecule has 2 aromatic rings. The van der Waals surface area contributed by atoms with Crippen LogP contribution in [0.15, 0.2) is 61.2 Å². The zero-order chi connectivity index (χ0) is 15.9. The second-order valence-corrected chi connectivity index (χ2v) is 5.49. The molecule has 114 valence electrons. The van der Waals surface area contributed by atoms with Gasteiger partial charge in [-0.25, -0.2) is 0 Å². The number of allylic oxidation sites excluding steroid dienone is 2. The summed E-state index contributed by atoms with van der Waals surface area (Å²) < 4.78 is 0. The molecule has 0 aliphatic heterocycles. The lowest BCUT2D eigenvalue weighted by molar-refractivity contribution is 0.852. The lowest BCUT2D eigenvalue weighted by atomic mass is 10.1.